The van der Waals surface area contributed by atoms with Crippen molar-refractivity contribution in [3.63, 3.8) is 0 Å². The standard InChI is InChI=1S/2Ca.2O4Si.2Zr/c;;2*1-5(2,3)4;;/q2*+2;2*-4;2*+4. The van der Waals surface area contributed by atoms with E-state index in [4.69, 9.17) is 38.4 Å². The van der Waals surface area contributed by atoms with Crippen LogP contribution in [0.4, 0.5) is 0 Å². The van der Waals surface area contributed by atoms with E-state index in [0.29, 0.717) is 0 Å². The maximum absolute atomic E-state index is 8.58. The minimum Gasteiger partial charge on any atom is -0.894 e. The zero-order valence-corrected chi connectivity index (χ0v) is 18.0. The van der Waals surface area contributed by atoms with Crippen LogP contribution in [0.2, 0.25) is 0 Å². The van der Waals surface area contributed by atoms with E-state index in [1.807, 2.05) is 0 Å². The molecule has 0 aromatic carbocycles. The van der Waals surface area contributed by atoms with Crippen molar-refractivity contribution >= 4 is 93.6 Å². The predicted molar refractivity (Wildman–Crippen MR) is 23.0 cm³/mol. The van der Waals surface area contributed by atoms with Crippen molar-refractivity contribution in [2.75, 3.05) is 0 Å². The molecule has 0 spiro atoms. The summed E-state index contributed by atoms with van der Waals surface area (Å²) in [6.45, 7) is 0. The fourth-order valence-corrected chi connectivity index (χ4v) is 0. The molecule has 0 aliphatic heterocycles. The molecule has 14 heavy (non-hydrogen) atoms. The molecule has 0 saturated carbocycles. The van der Waals surface area contributed by atoms with Gasteiger partial charge < -0.3 is 56.5 Å². The molecular formula is Ca2O8Si2Zr2+4. The van der Waals surface area contributed by atoms with E-state index in [1.54, 1.807) is 0 Å². The van der Waals surface area contributed by atoms with Crippen LogP contribution in [0.3, 0.4) is 0 Å². The van der Waals surface area contributed by atoms with Crippen molar-refractivity contribution in [2.24, 2.45) is 0 Å². The van der Waals surface area contributed by atoms with E-state index in [-0.39, 0.29) is 128 Å². The molecule has 0 aromatic heterocycles. The van der Waals surface area contributed by atoms with Gasteiger partial charge in [-0.25, -0.2) is 0 Å². The SMILES string of the molecule is [Ca+2].[Ca+2].[O-][Si]([O-])([O-])[O-].[O-][Si]([O-])([O-])[O-].[Zr+4].[Zr+4]. The van der Waals surface area contributed by atoms with E-state index in [0.717, 1.165) is 0 Å². The molecule has 0 aliphatic carbocycles. The minimum absolute atomic E-state index is 0. The molecule has 0 amide bonds. The zero-order valence-electron chi connectivity index (χ0n) is 6.68. The van der Waals surface area contributed by atoms with Gasteiger partial charge in [0.2, 0.25) is 0 Å². The van der Waals surface area contributed by atoms with Crippen LogP contribution in [-0.2, 0) is 52.4 Å². The van der Waals surface area contributed by atoms with Crippen molar-refractivity contribution in [3.8, 4) is 0 Å². The number of hydrogen-bond donors (Lipinski definition) is 0. The fraction of sp³-hybridized carbons (Fsp3) is 0. The molecule has 0 heterocycles. The smallest absolute Gasteiger partial charge is 0.894 e. The summed E-state index contributed by atoms with van der Waals surface area (Å²) in [5, 5.41) is 0. The van der Waals surface area contributed by atoms with E-state index < -0.39 is 18.1 Å². The van der Waals surface area contributed by atoms with Crippen molar-refractivity contribution in [1.29, 1.82) is 0 Å². The molecule has 0 rings (SSSR count). The quantitative estimate of drug-likeness (QED) is 0.328. The molecule has 0 aliphatic rings. The van der Waals surface area contributed by atoms with Crippen molar-refractivity contribution < 1.29 is 90.8 Å². The summed E-state index contributed by atoms with van der Waals surface area (Å²) in [7, 11) is -11.2. The minimum atomic E-state index is -5.61. The third kappa shape index (κ3) is 201. The van der Waals surface area contributed by atoms with E-state index in [2.05, 4.69) is 0 Å². The Kier molecular flexibility index (Phi) is 45.0. The van der Waals surface area contributed by atoms with Gasteiger partial charge in [-0.1, -0.05) is 0 Å². The van der Waals surface area contributed by atoms with Crippen molar-refractivity contribution in [2.45, 2.75) is 0 Å². The topological polar surface area (TPSA) is 184 Å². The molecule has 64 valence electrons. The van der Waals surface area contributed by atoms with Gasteiger partial charge >= 0.3 is 128 Å². The van der Waals surface area contributed by atoms with Crippen LogP contribution < -0.4 is 38.4 Å². The first-order chi connectivity index (χ1) is 4.00. The molecule has 0 atom stereocenters. The van der Waals surface area contributed by atoms with Gasteiger partial charge in [0.05, 0.1) is 0 Å². The van der Waals surface area contributed by atoms with Gasteiger partial charge in [0.25, 0.3) is 0 Å². The third-order valence-electron chi connectivity index (χ3n) is 0. The van der Waals surface area contributed by atoms with Gasteiger partial charge in [-0.3, -0.25) is 0 Å². The van der Waals surface area contributed by atoms with Crippen molar-refractivity contribution in [3.05, 3.63) is 0 Å². The van der Waals surface area contributed by atoms with Gasteiger partial charge in [-0.15, -0.1) is 0 Å². The Bertz CT molecular complexity index is 66.3. The summed E-state index contributed by atoms with van der Waals surface area (Å²) in [4.78, 5) is 68.6. The van der Waals surface area contributed by atoms with Crippen LogP contribution >= 0.6 is 0 Å². The summed E-state index contributed by atoms with van der Waals surface area (Å²) in [6.07, 6.45) is 0. The maximum Gasteiger partial charge on any atom is 4.00 e. The van der Waals surface area contributed by atoms with Gasteiger partial charge in [0.15, 0.2) is 0 Å². The number of rotatable bonds is 0. The Morgan fingerprint density at radius 1 is 0.429 bits per heavy atom. The average molecular weight is 447 g/mol. The monoisotopic (exact) mass is 444 g/mol. The number of hydrogen-bond acceptors (Lipinski definition) is 8. The second-order valence-electron chi connectivity index (χ2n) is 1.00. The predicted octanol–water partition coefficient (Wildman–Crippen LogP) is -11.0. The average Bonchev–Trinajstić information content (AvgIpc) is 1.12. The van der Waals surface area contributed by atoms with E-state index in [1.165, 1.54) is 0 Å². The molecule has 0 saturated heterocycles. The van der Waals surface area contributed by atoms with Crippen LogP contribution in [0, 0.1) is 0 Å². The first-order valence-corrected chi connectivity index (χ1v) is 4.90. The summed E-state index contributed by atoms with van der Waals surface area (Å²) in [5.41, 5.74) is 0. The fourth-order valence-electron chi connectivity index (χ4n) is 0. The van der Waals surface area contributed by atoms with Crippen LogP contribution in [0.15, 0.2) is 0 Å². The van der Waals surface area contributed by atoms with Crippen LogP contribution in [-0.4, -0.2) is 93.6 Å². The third-order valence-corrected chi connectivity index (χ3v) is 0. The molecule has 0 radical (unpaired) electrons. The molecule has 0 N–H and O–H groups in total. The van der Waals surface area contributed by atoms with Crippen LogP contribution in [0.5, 0.6) is 0 Å². The van der Waals surface area contributed by atoms with E-state index >= 15 is 0 Å². The molecule has 0 aromatic rings. The van der Waals surface area contributed by atoms with E-state index in [9.17, 15) is 0 Å². The molecular weight excluding hydrogens is 447 g/mol. The van der Waals surface area contributed by atoms with Crippen LogP contribution in [0.25, 0.3) is 0 Å². The largest absolute Gasteiger partial charge is 4.00 e. The van der Waals surface area contributed by atoms with Crippen LogP contribution in [0.1, 0.15) is 0 Å². The Hall–Kier alpha value is 4.40. The first kappa shape index (κ1) is 36.2. The second kappa shape index (κ2) is 17.4. The molecule has 0 fully saturated rings. The molecule has 8 nitrogen and oxygen atoms in total. The van der Waals surface area contributed by atoms with Gasteiger partial charge in [0, 0.05) is 0 Å². The van der Waals surface area contributed by atoms with Crippen molar-refractivity contribution in [1.82, 2.24) is 0 Å². The Balaban J connectivity index is -0.0000000178. The van der Waals surface area contributed by atoms with Gasteiger partial charge in [-0.2, -0.15) is 0 Å². The Morgan fingerprint density at radius 3 is 0.429 bits per heavy atom. The Labute approximate surface area is 180 Å². The summed E-state index contributed by atoms with van der Waals surface area (Å²) >= 11 is 0. The second-order valence-corrected chi connectivity index (χ2v) is 3.00. The maximum atomic E-state index is 8.58. The molecule has 0 bridgehead atoms. The molecule has 0 unspecified atom stereocenters. The Morgan fingerprint density at radius 2 is 0.429 bits per heavy atom. The normalized spacial score (nSPS) is 8.57. The van der Waals surface area contributed by atoms with Gasteiger partial charge in [0.1, 0.15) is 0 Å². The summed E-state index contributed by atoms with van der Waals surface area (Å²) in [5.74, 6) is 0. The first-order valence-electron chi connectivity index (χ1n) is 1.63. The summed E-state index contributed by atoms with van der Waals surface area (Å²) in [6, 6.07) is 0. The zero-order chi connectivity index (χ0) is 9.00. The molecule has 14 heteroatoms. The summed E-state index contributed by atoms with van der Waals surface area (Å²) < 4.78 is 0. The van der Waals surface area contributed by atoms with Gasteiger partial charge in [-0.05, 0) is 0 Å².